The summed E-state index contributed by atoms with van der Waals surface area (Å²) in [7, 11) is 0. The van der Waals surface area contributed by atoms with Gasteiger partial charge in [-0.2, -0.15) is 5.10 Å². The number of carbonyl (C=O) groups is 1. The first-order chi connectivity index (χ1) is 11.8. The number of halogens is 2. The molecule has 9 heteroatoms. The van der Waals surface area contributed by atoms with Gasteiger partial charge < -0.3 is 4.74 Å². The van der Waals surface area contributed by atoms with E-state index in [0.29, 0.717) is 6.07 Å². The minimum Gasteiger partial charge on any atom is -0.461 e. The molecule has 1 aromatic carbocycles. The van der Waals surface area contributed by atoms with Crippen LogP contribution in [0, 0.1) is 27.7 Å². The van der Waals surface area contributed by atoms with Crippen LogP contribution < -0.4 is 0 Å². The SMILES string of the molecule is CCOC(=O)c1c([N+](=O)[O-])c(CC(C)C)nn1-c1ccc(F)cc1F. The number of esters is 1. The topological polar surface area (TPSA) is 87.3 Å². The van der Waals surface area contributed by atoms with Crippen LogP contribution in [0.5, 0.6) is 0 Å². The first kappa shape index (κ1) is 18.5. The van der Waals surface area contributed by atoms with E-state index in [2.05, 4.69) is 5.10 Å². The van der Waals surface area contributed by atoms with Crippen molar-refractivity contribution in [3.05, 3.63) is 51.3 Å². The first-order valence-electron chi connectivity index (χ1n) is 7.65. The maximum atomic E-state index is 14.1. The average Bonchev–Trinajstić information content (AvgIpc) is 2.85. The number of ether oxygens (including phenoxy) is 1. The zero-order valence-corrected chi connectivity index (χ0v) is 14.0. The lowest BCUT2D eigenvalue weighted by Gasteiger charge is -2.07. The number of nitro groups is 1. The Hall–Kier alpha value is -2.84. The molecule has 0 atom stereocenters. The Bertz CT molecular complexity index is 818. The van der Waals surface area contributed by atoms with Gasteiger partial charge in [0.1, 0.15) is 17.2 Å². The van der Waals surface area contributed by atoms with E-state index in [1.54, 1.807) is 0 Å². The van der Waals surface area contributed by atoms with Crippen molar-refractivity contribution in [1.29, 1.82) is 0 Å². The second kappa shape index (κ2) is 7.37. The largest absolute Gasteiger partial charge is 0.461 e. The van der Waals surface area contributed by atoms with Crippen LogP contribution in [0.3, 0.4) is 0 Å². The Labute approximate surface area is 142 Å². The highest BCUT2D eigenvalue weighted by Gasteiger charge is 2.35. The molecule has 0 aliphatic carbocycles. The summed E-state index contributed by atoms with van der Waals surface area (Å²) in [6, 6.07) is 2.64. The summed E-state index contributed by atoms with van der Waals surface area (Å²) in [6.07, 6.45) is 0.207. The molecule has 0 N–H and O–H groups in total. The summed E-state index contributed by atoms with van der Waals surface area (Å²) in [4.78, 5) is 23.0. The maximum Gasteiger partial charge on any atom is 0.364 e. The van der Waals surface area contributed by atoms with Gasteiger partial charge in [0.25, 0.3) is 0 Å². The van der Waals surface area contributed by atoms with Crippen LogP contribution in [-0.4, -0.2) is 27.3 Å². The molecule has 0 saturated heterocycles. The molecule has 0 aliphatic heterocycles. The summed E-state index contributed by atoms with van der Waals surface area (Å²) in [5.41, 5.74) is -1.27. The van der Waals surface area contributed by atoms with Gasteiger partial charge in [-0.3, -0.25) is 10.1 Å². The normalized spacial score (nSPS) is 11.0. The van der Waals surface area contributed by atoms with E-state index in [0.717, 1.165) is 16.8 Å². The lowest BCUT2D eigenvalue weighted by Crippen LogP contribution is -2.14. The smallest absolute Gasteiger partial charge is 0.364 e. The van der Waals surface area contributed by atoms with Crippen molar-refractivity contribution in [3.8, 4) is 5.69 Å². The lowest BCUT2D eigenvalue weighted by molar-refractivity contribution is -0.386. The number of nitrogens with zero attached hydrogens (tertiary/aromatic N) is 3. The van der Waals surface area contributed by atoms with E-state index in [1.165, 1.54) is 6.92 Å². The highest BCUT2D eigenvalue weighted by molar-refractivity contribution is 5.93. The van der Waals surface area contributed by atoms with Gasteiger partial charge in [-0.05, 0) is 25.0 Å². The Morgan fingerprint density at radius 2 is 2.08 bits per heavy atom. The fourth-order valence-electron chi connectivity index (χ4n) is 2.38. The third-order valence-electron chi connectivity index (χ3n) is 3.32. The molecule has 0 aliphatic rings. The fourth-order valence-corrected chi connectivity index (χ4v) is 2.38. The molecule has 1 aromatic heterocycles. The van der Waals surface area contributed by atoms with E-state index in [9.17, 15) is 23.7 Å². The molecular formula is C16H17F2N3O4. The highest BCUT2D eigenvalue weighted by atomic mass is 19.1. The molecule has 2 rings (SSSR count). The molecule has 0 amide bonds. The van der Waals surface area contributed by atoms with Crippen molar-refractivity contribution in [3.63, 3.8) is 0 Å². The summed E-state index contributed by atoms with van der Waals surface area (Å²) in [5, 5.41) is 15.6. The third kappa shape index (κ3) is 3.81. The van der Waals surface area contributed by atoms with Crippen molar-refractivity contribution in [2.45, 2.75) is 27.2 Å². The number of aromatic nitrogens is 2. The molecule has 7 nitrogen and oxygen atoms in total. The molecule has 2 aromatic rings. The van der Waals surface area contributed by atoms with E-state index in [1.807, 2.05) is 13.8 Å². The van der Waals surface area contributed by atoms with E-state index in [4.69, 9.17) is 4.74 Å². The number of hydrogen-bond acceptors (Lipinski definition) is 5. The molecule has 0 saturated carbocycles. The van der Waals surface area contributed by atoms with Gasteiger partial charge in [-0.25, -0.2) is 18.3 Å². The highest BCUT2D eigenvalue weighted by Crippen LogP contribution is 2.30. The monoisotopic (exact) mass is 353 g/mol. The molecule has 134 valence electrons. The third-order valence-corrected chi connectivity index (χ3v) is 3.32. The molecular weight excluding hydrogens is 336 g/mol. The molecule has 0 unspecified atom stereocenters. The van der Waals surface area contributed by atoms with Gasteiger partial charge in [0, 0.05) is 12.5 Å². The van der Waals surface area contributed by atoms with Crippen LogP contribution in [0.2, 0.25) is 0 Å². The van der Waals surface area contributed by atoms with Crippen molar-refractivity contribution < 1.29 is 23.2 Å². The maximum absolute atomic E-state index is 14.1. The van der Waals surface area contributed by atoms with Crippen LogP contribution in [-0.2, 0) is 11.2 Å². The second-order valence-electron chi connectivity index (χ2n) is 5.73. The van der Waals surface area contributed by atoms with Crippen molar-refractivity contribution in [2.75, 3.05) is 6.61 Å². The minimum atomic E-state index is -1.00. The second-order valence-corrected chi connectivity index (χ2v) is 5.73. The molecule has 25 heavy (non-hydrogen) atoms. The summed E-state index contributed by atoms with van der Waals surface area (Å²) in [6.45, 7) is 5.17. The van der Waals surface area contributed by atoms with E-state index in [-0.39, 0.29) is 30.3 Å². The zero-order valence-electron chi connectivity index (χ0n) is 14.0. The van der Waals surface area contributed by atoms with E-state index < -0.39 is 33.9 Å². The predicted octanol–water partition coefficient (Wildman–Crippen LogP) is 3.43. The van der Waals surface area contributed by atoms with Crippen molar-refractivity contribution in [2.24, 2.45) is 5.92 Å². The van der Waals surface area contributed by atoms with Gasteiger partial charge in [0.2, 0.25) is 5.69 Å². The van der Waals surface area contributed by atoms with Crippen LogP contribution in [0.1, 0.15) is 37.0 Å². The summed E-state index contributed by atoms with van der Waals surface area (Å²) < 4.78 is 33.0. The van der Waals surface area contributed by atoms with Crippen LogP contribution in [0.25, 0.3) is 5.69 Å². The average molecular weight is 353 g/mol. The van der Waals surface area contributed by atoms with Gasteiger partial charge in [0.05, 0.1) is 11.5 Å². The predicted molar refractivity (Wildman–Crippen MR) is 84.6 cm³/mol. The van der Waals surface area contributed by atoms with E-state index >= 15 is 0 Å². The summed E-state index contributed by atoms with van der Waals surface area (Å²) >= 11 is 0. The van der Waals surface area contributed by atoms with Gasteiger partial charge >= 0.3 is 11.7 Å². The van der Waals surface area contributed by atoms with Crippen LogP contribution in [0.15, 0.2) is 18.2 Å². The standard InChI is InChI=1S/C16H17F2N3O4/c1-4-25-16(22)15-14(21(23)24)12(7-9(2)3)19-20(15)13-6-5-10(17)8-11(13)18/h5-6,8-9H,4,7H2,1-3H3. The van der Waals surface area contributed by atoms with Crippen molar-refractivity contribution in [1.82, 2.24) is 9.78 Å². The fraction of sp³-hybridized carbons (Fsp3) is 0.375. The first-order valence-corrected chi connectivity index (χ1v) is 7.65. The molecule has 0 spiro atoms. The Kier molecular flexibility index (Phi) is 5.45. The zero-order chi connectivity index (χ0) is 18.7. The summed E-state index contributed by atoms with van der Waals surface area (Å²) in [5.74, 6) is -2.81. The molecule has 1 heterocycles. The number of benzene rings is 1. The molecule has 0 bridgehead atoms. The Balaban J connectivity index is 2.76. The Morgan fingerprint density at radius 1 is 1.40 bits per heavy atom. The minimum absolute atomic E-state index is 0.00941. The van der Waals surface area contributed by atoms with Crippen molar-refractivity contribution >= 4 is 11.7 Å². The van der Waals surface area contributed by atoms with Crippen LogP contribution in [0.4, 0.5) is 14.5 Å². The number of carbonyl (C=O) groups excluding carboxylic acids is 1. The van der Waals surface area contributed by atoms with Gasteiger partial charge in [-0.1, -0.05) is 13.8 Å². The lowest BCUT2D eigenvalue weighted by atomic mass is 10.1. The molecule has 0 radical (unpaired) electrons. The Morgan fingerprint density at radius 3 is 2.60 bits per heavy atom. The molecule has 0 fully saturated rings. The van der Waals surface area contributed by atoms with Gasteiger partial charge in [-0.15, -0.1) is 0 Å². The quantitative estimate of drug-likeness (QED) is 0.451. The van der Waals surface area contributed by atoms with Crippen LogP contribution >= 0.6 is 0 Å². The van der Waals surface area contributed by atoms with Gasteiger partial charge in [0.15, 0.2) is 5.82 Å². The number of hydrogen-bond donors (Lipinski definition) is 0. The number of rotatable bonds is 6.